The number of aromatic nitrogens is 2. The Balaban J connectivity index is 1.86. The number of ether oxygens (including phenoxy) is 2. The first-order chi connectivity index (χ1) is 13.8. The van der Waals surface area contributed by atoms with Crippen molar-refractivity contribution in [3.8, 4) is 17.2 Å². The number of phenols is 1. The number of nitrogens with one attached hydrogen (secondary N) is 1. The summed E-state index contributed by atoms with van der Waals surface area (Å²) in [7, 11) is -1.54. The Bertz CT molecular complexity index is 1130. The average Bonchev–Trinajstić information content (AvgIpc) is 3.21. The van der Waals surface area contributed by atoms with Crippen molar-refractivity contribution in [1.29, 1.82) is 0 Å². The number of hydrogen-bond donors (Lipinski definition) is 2. The molecule has 0 aliphatic carbocycles. The molecule has 0 saturated carbocycles. The lowest BCUT2D eigenvalue weighted by atomic mass is 10.1. The van der Waals surface area contributed by atoms with Gasteiger partial charge in [-0.25, -0.2) is 13.1 Å². The Morgan fingerprint density at radius 2 is 1.90 bits per heavy atom. The normalized spacial score (nSPS) is 11.1. The topological polar surface area (TPSA) is 120 Å². The third-order valence-electron chi connectivity index (χ3n) is 4.10. The van der Waals surface area contributed by atoms with Crippen molar-refractivity contribution < 1.29 is 27.8 Å². The summed E-state index contributed by atoms with van der Waals surface area (Å²) in [6.07, 6.45) is 3.43. The molecule has 0 aliphatic heterocycles. The van der Waals surface area contributed by atoms with E-state index in [2.05, 4.69) is 5.10 Å². The molecule has 1 heterocycles. The second-order valence-corrected chi connectivity index (χ2v) is 7.65. The number of rotatable bonds is 7. The van der Waals surface area contributed by atoms with Crippen LogP contribution >= 0.6 is 0 Å². The molecule has 1 aromatic heterocycles. The smallest absolute Gasteiger partial charge is 0.268 e. The predicted molar refractivity (Wildman–Crippen MR) is 104 cm³/mol. The number of phenolic OH excluding ortho intramolecular Hbond substituents is 1. The summed E-state index contributed by atoms with van der Waals surface area (Å²) >= 11 is 0. The van der Waals surface area contributed by atoms with Crippen LogP contribution in [0.2, 0.25) is 0 Å². The third-order valence-corrected chi connectivity index (χ3v) is 5.46. The number of benzene rings is 2. The van der Waals surface area contributed by atoms with Crippen molar-refractivity contribution in [3.05, 3.63) is 66.0 Å². The van der Waals surface area contributed by atoms with Crippen LogP contribution in [-0.2, 0) is 16.6 Å². The van der Waals surface area contributed by atoms with E-state index in [4.69, 9.17) is 9.47 Å². The van der Waals surface area contributed by atoms with Gasteiger partial charge in [-0.05, 0) is 30.3 Å². The third kappa shape index (κ3) is 4.49. The van der Waals surface area contributed by atoms with Crippen LogP contribution in [0.3, 0.4) is 0 Å². The fraction of sp³-hybridized carbons (Fsp3) is 0.158. The number of amides is 1. The van der Waals surface area contributed by atoms with Gasteiger partial charge in [0.1, 0.15) is 22.1 Å². The van der Waals surface area contributed by atoms with E-state index in [0.717, 1.165) is 11.6 Å². The Hall–Kier alpha value is -3.53. The highest BCUT2D eigenvalue weighted by Crippen LogP contribution is 2.28. The van der Waals surface area contributed by atoms with E-state index in [0.29, 0.717) is 12.3 Å². The molecule has 0 radical (unpaired) electrons. The molecule has 0 unspecified atom stereocenters. The highest BCUT2D eigenvalue weighted by atomic mass is 32.2. The number of methoxy groups -OCH3 is 2. The van der Waals surface area contributed by atoms with Gasteiger partial charge in [-0.1, -0.05) is 6.07 Å². The minimum Gasteiger partial charge on any atom is -0.508 e. The molecule has 2 N–H and O–H groups in total. The molecule has 0 saturated heterocycles. The first-order valence-electron chi connectivity index (χ1n) is 8.42. The lowest BCUT2D eigenvalue weighted by Gasteiger charge is -2.13. The zero-order valence-electron chi connectivity index (χ0n) is 15.7. The molecule has 0 fully saturated rings. The zero-order chi connectivity index (χ0) is 21.0. The van der Waals surface area contributed by atoms with E-state index in [1.165, 1.54) is 38.5 Å². The molecule has 10 heteroatoms. The summed E-state index contributed by atoms with van der Waals surface area (Å²) in [5.74, 6) is -0.710. The second kappa shape index (κ2) is 8.23. The van der Waals surface area contributed by atoms with Crippen LogP contribution in [0, 0.1) is 0 Å². The van der Waals surface area contributed by atoms with Crippen LogP contribution < -0.4 is 14.2 Å². The fourth-order valence-corrected chi connectivity index (χ4v) is 3.86. The minimum absolute atomic E-state index is 0.00440. The molecule has 3 aromatic rings. The first kappa shape index (κ1) is 20.2. The van der Waals surface area contributed by atoms with Gasteiger partial charge in [0.05, 0.1) is 20.8 Å². The Kier molecular flexibility index (Phi) is 5.74. The molecule has 9 nitrogen and oxygen atoms in total. The Labute approximate surface area is 167 Å². The average molecular weight is 417 g/mol. The maximum Gasteiger partial charge on any atom is 0.268 e. The molecule has 0 aliphatic rings. The van der Waals surface area contributed by atoms with Crippen molar-refractivity contribution in [3.63, 3.8) is 0 Å². The molecule has 1 amide bonds. The van der Waals surface area contributed by atoms with E-state index in [1.807, 2.05) is 4.72 Å². The Morgan fingerprint density at radius 3 is 2.55 bits per heavy atom. The minimum atomic E-state index is -4.28. The summed E-state index contributed by atoms with van der Waals surface area (Å²) in [5.41, 5.74) is 0.860. The first-order valence-corrected chi connectivity index (χ1v) is 9.91. The lowest BCUT2D eigenvalue weighted by Crippen LogP contribution is -2.31. The van der Waals surface area contributed by atoms with Crippen LogP contribution in [0.5, 0.6) is 17.2 Å². The summed E-state index contributed by atoms with van der Waals surface area (Å²) in [4.78, 5) is 12.2. The fourth-order valence-electron chi connectivity index (χ4n) is 2.70. The van der Waals surface area contributed by atoms with Crippen molar-refractivity contribution in [2.24, 2.45) is 0 Å². The van der Waals surface area contributed by atoms with Gasteiger partial charge in [0.15, 0.2) is 0 Å². The summed E-state index contributed by atoms with van der Waals surface area (Å²) in [6, 6.07) is 9.97. The van der Waals surface area contributed by atoms with Gasteiger partial charge >= 0.3 is 0 Å². The van der Waals surface area contributed by atoms with E-state index in [9.17, 15) is 18.3 Å². The molecule has 0 spiro atoms. The highest BCUT2D eigenvalue weighted by molar-refractivity contribution is 7.90. The van der Waals surface area contributed by atoms with E-state index in [1.54, 1.807) is 29.2 Å². The number of nitrogens with zero attached hydrogens (tertiary/aromatic N) is 2. The number of aromatic hydroxyl groups is 1. The SMILES string of the molecule is COc1cc(C(=O)NS(=O)(=O)c2cc(O)ccc2OC)ccc1Cn1cccn1. The molecular weight excluding hydrogens is 398 g/mol. The summed E-state index contributed by atoms with van der Waals surface area (Å²) in [5, 5.41) is 13.7. The van der Waals surface area contributed by atoms with Crippen LogP contribution in [0.15, 0.2) is 59.8 Å². The van der Waals surface area contributed by atoms with Crippen molar-refractivity contribution in [2.45, 2.75) is 11.4 Å². The lowest BCUT2D eigenvalue weighted by molar-refractivity contribution is 0.0981. The maximum absolute atomic E-state index is 12.6. The van der Waals surface area contributed by atoms with Gasteiger partial charge in [0, 0.05) is 29.6 Å². The van der Waals surface area contributed by atoms with Gasteiger partial charge in [-0.15, -0.1) is 0 Å². The van der Waals surface area contributed by atoms with Gasteiger partial charge in [-0.3, -0.25) is 9.48 Å². The van der Waals surface area contributed by atoms with Crippen LogP contribution in [0.4, 0.5) is 0 Å². The number of sulfonamides is 1. The maximum atomic E-state index is 12.6. The van der Waals surface area contributed by atoms with E-state index in [-0.39, 0.29) is 22.0 Å². The zero-order valence-corrected chi connectivity index (χ0v) is 16.5. The van der Waals surface area contributed by atoms with Gasteiger partial charge in [0.2, 0.25) is 0 Å². The van der Waals surface area contributed by atoms with Crippen LogP contribution in [0.1, 0.15) is 15.9 Å². The van der Waals surface area contributed by atoms with Crippen molar-refractivity contribution >= 4 is 15.9 Å². The predicted octanol–water partition coefficient (Wildman–Crippen LogP) is 1.77. The summed E-state index contributed by atoms with van der Waals surface area (Å²) < 4.78 is 39.2. The van der Waals surface area contributed by atoms with Crippen molar-refractivity contribution in [2.75, 3.05) is 14.2 Å². The largest absolute Gasteiger partial charge is 0.508 e. The van der Waals surface area contributed by atoms with Gasteiger partial charge < -0.3 is 14.6 Å². The number of carbonyl (C=O) groups is 1. The van der Waals surface area contributed by atoms with Crippen molar-refractivity contribution in [1.82, 2.24) is 14.5 Å². The standard InChI is InChI=1S/C19H19N3O6S/c1-27-16-7-6-15(23)11-18(16)29(25,26)21-19(24)13-4-5-14(17(10-13)28-2)12-22-9-3-8-20-22/h3-11,23H,12H2,1-2H3,(H,21,24). The summed E-state index contributed by atoms with van der Waals surface area (Å²) in [6.45, 7) is 0.427. The van der Waals surface area contributed by atoms with E-state index < -0.39 is 15.9 Å². The monoisotopic (exact) mass is 417 g/mol. The molecule has 29 heavy (non-hydrogen) atoms. The highest BCUT2D eigenvalue weighted by Gasteiger charge is 2.24. The number of hydrogen-bond acceptors (Lipinski definition) is 7. The quantitative estimate of drug-likeness (QED) is 0.601. The van der Waals surface area contributed by atoms with Gasteiger partial charge in [-0.2, -0.15) is 5.10 Å². The second-order valence-electron chi connectivity index (χ2n) is 6.00. The molecule has 0 bridgehead atoms. The van der Waals surface area contributed by atoms with Crippen LogP contribution in [0.25, 0.3) is 0 Å². The van der Waals surface area contributed by atoms with E-state index >= 15 is 0 Å². The van der Waals surface area contributed by atoms with Crippen LogP contribution in [-0.4, -0.2) is 43.4 Å². The number of carbonyl (C=O) groups excluding carboxylic acids is 1. The molecule has 152 valence electrons. The molecule has 3 rings (SSSR count). The Morgan fingerprint density at radius 1 is 1.14 bits per heavy atom. The molecular formula is C19H19N3O6S. The molecule has 2 aromatic carbocycles. The molecule has 0 atom stereocenters. The van der Waals surface area contributed by atoms with Gasteiger partial charge in [0.25, 0.3) is 15.9 Å².